The van der Waals surface area contributed by atoms with Crippen LogP contribution in [0.1, 0.15) is 25.0 Å². The van der Waals surface area contributed by atoms with E-state index >= 15 is 0 Å². The highest BCUT2D eigenvalue weighted by molar-refractivity contribution is 9.10. The molecule has 0 spiro atoms. The summed E-state index contributed by atoms with van der Waals surface area (Å²) >= 11 is 8.97. The lowest BCUT2D eigenvalue weighted by atomic mass is 10.1. The molecule has 1 fully saturated rings. The number of rotatable bonds is 7. The van der Waals surface area contributed by atoms with Crippen LogP contribution in [0.2, 0.25) is 0 Å². The summed E-state index contributed by atoms with van der Waals surface area (Å²) in [6, 6.07) is 13.7. The third-order valence-electron chi connectivity index (χ3n) is 4.55. The summed E-state index contributed by atoms with van der Waals surface area (Å²) in [4.78, 5) is 16.0. The largest absolute Gasteiger partial charge is 0.490 e. The van der Waals surface area contributed by atoms with Crippen LogP contribution < -0.4 is 9.47 Å². The fourth-order valence-electron chi connectivity index (χ4n) is 3.02. The molecule has 0 aromatic heterocycles. The van der Waals surface area contributed by atoms with Gasteiger partial charge in [0.2, 0.25) is 0 Å². The van der Waals surface area contributed by atoms with Crippen LogP contribution in [0.3, 0.4) is 0 Å². The highest BCUT2D eigenvalue weighted by Crippen LogP contribution is 2.36. The zero-order chi connectivity index (χ0) is 21.0. The van der Waals surface area contributed by atoms with Crippen molar-refractivity contribution in [2.75, 3.05) is 20.2 Å². The molecule has 2 aromatic carbocycles. The van der Waals surface area contributed by atoms with E-state index in [0.717, 1.165) is 15.6 Å². The molecule has 0 bridgehead atoms. The van der Waals surface area contributed by atoms with Gasteiger partial charge >= 0.3 is 0 Å². The van der Waals surface area contributed by atoms with E-state index < -0.39 is 0 Å². The number of carbonyl (C=O) groups is 1. The van der Waals surface area contributed by atoms with Gasteiger partial charge in [-0.25, -0.2) is 0 Å². The molecule has 0 unspecified atom stereocenters. The maximum Gasteiger partial charge on any atom is 0.276 e. The molecule has 29 heavy (non-hydrogen) atoms. The number of likely N-dealkylation sites (N-methyl/N-ethyl adjacent to an activating group) is 2. The van der Waals surface area contributed by atoms with Gasteiger partial charge in [-0.2, -0.15) is 0 Å². The van der Waals surface area contributed by atoms with E-state index in [1.54, 1.807) is 16.8 Å². The Morgan fingerprint density at radius 3 is 2.41 bits per heavy atom. The van der Waals surface area contributed by atoms with Crippen LogP contribution in [-0.2, 0) is 11.4 Å². The molecule has 5 nitrogen and oxygen atoms in total. The second-order valence-corrected chi connectivity index (χ2v) is 7.67. The van der Waals surface area contributed by atoms with Crippen molar-refractivity contribution in [1.82, 2.24) is 9.80 Å². The number of halogens is 1. The van der Waals surface area contributed by atoms with E-state index in [4.69, 9.17) is 21.7 Å². The van der Waals surface area contributed by atoms with Gasteiger partial charge < -0.3 is 14.4 Å². The second-order valence-electron chi connectivity index (χ2n) is 6.45. The van der Waals surface area contributed by atoms with Gasteiger partial charge in [-0.1, -0.05) is 46.3 Å². The Bertz CT molecular complexity index is 947. The lowest BCUT2D eigenvalue weighted by molar-refractivity contribution is -0.122. The topological polar surface area (TPSA) is 42.0 Å². The molecule has 1 amide bonds. The van der Waals surface area contributed by atoms with Gasteiger partial charge in [-0.3, -0.25) is 9.69 Å². The van der Waals surface area contributed by atoms with Gasteiger partial charge in [0.25, 0.3) is 5.91 Å². The van der Waals surface area contributed by atoms with Crippen molar-refractivity contribution in [3.05, 3.63) is 63.8 Å². The number of carbonyl (C=O) groups excluding carboxylic acids is 1. The fraction of sp³-hybridized carbons (Fsp3) is 0.273. The minimum Gasteiger partial charge on any atom is -0.490 e. The van der Waals surface area contributed by atoms with Crippen LogP contribution in [0.4, 0.5) is 0 Å². The highest BCUT2D eigenvalue weighted by Gasteiger charge is 2.34. The van der Waals surface area contributed by atoms with Crippen LogP contribution in [0.25, 0.3) is 6.08 Å². The molecule has 0 N–H and O–H groups in total. The Morgan fingerprint density at radius 2 is 1.79 bits per heavy atom. The van der Waals surface area contributed by atoms with Crippen molar-refractivity contribution in [2.24, 2.45) is 0 Å². The Kier molecular flexibility index (Phi) is 6.92. The Balaban J connectivity index is 1.91. The van der Waals surface area contributed by atoms with E-state index in [-0.39, 0.29) is 5.91 Å². The first-order chi connectivity index (χ1) is 14.0. The zero-order valence-corrected chi connectivity index (χ0v) is 19.0. The summed E-state index contributed by atoms with van der Waals surface area (Å²) in [6.45, 7) is 5.31. The van der Waals surface area contributed by atoms with Crippen LogP contribution in [0, 0.1) is 0 Å². The third kappa shape index (κ3) is 4.62. The summed E-state index contributed by atoms with van der Waals surface area (Å²) in [5.41, 5.74) is 2.41. The van der Waals surface area contributed by atoms with Crippen molar-refractivity contribution < 1.29 is 14.3 Å². The van der Waals surface area contributed by atoms with E-state index in [1.165, 1.54) is 0 Å². The van der Waals surface area contributed by atoms with Crippen molar-refractivity contribution in [3.8, 4) is 11.5 Å². The van der Waals surface area contributed by atoms with E-state index in [1.807, 2.05) is 62.4 Å². The number of benzene rings is 2. The Hall–Kier alpha value is -2.38. The maximum absolute atomic E-state index is 12.7. The number of hydrogen-bond acceptors (Lipinski definition) is 4. The first-order valence-corrected chi connectivity index (χ1v) is 10.6. The van der Waals surface area contributed by atoms with Gasteiger partial charge in [-0.15, -0.1) is 0 Å². The molecular formula is C22H23BrN2O3S. The molecule has 1 saturated heterocycles. The number of hydrogen-bond donors (Lipinski definition) is 0. The van der Waals surface area contributed by atoms with Crippen LogP contribution in [-0.4, -0.2) is 41.0 Å². The quantitative estimate of drug-likeness (QED) is 0.423. The molecule has 0 aliphatic carbocycles. The minimum absolute atomic E-state index is 0.103. The summed E-state index contributed by atoms with van der Waals surface area (Å²) in [5.74, 6) is 1.16. The molecule has 2 aromatic rings. The van der Waals surface area contributed by atoms with E-state index in [9.17, 15) is 4.79 Å². The predicted octanol–water partition coefficient (Wildman–Crippen LogP) is 4.85. The summed E-state index contributed by atoms with van der Waals surface area (Å²) in [7, 11) is 1.80. The summed E-state index contributed by atoms with van der Waals surface area (Å²) < 4.78 is 12.6. The number of nitrogens with zero attached hydrogens (tertiary/aromatic N) is 2. The van der Waals surface area contributed by atoms with E-state index in [2.05, 4.69) is 15.9 Å². The molecule has 152 valence electrons. The van der Waals surface area contributed by atoms with Gasteiger partial charge in [-0.05, 0) is 55.4 Å². The number of amides is 1. The van der Waals surface area contributed by atoms with Crippen LogP contribution >= 0.6 is 28.1 Å². The molecule has 3 rings (SSSR count). The molecular weight excluding hydrogens is 452 g/mol. The number of ether oxygens (including phenoxy) is 2. The summed E-state index contributed by atoms with van der Waals surface area (Å²) in [5, 5.41) is 0.507. The average molecular weight is 475 g/mol. The van der Waals surface area contributed by atoms with Gasteiger partial charge in [0.05, 0.1) is 6.61 Å². The Labute approximate surface area is 185 Å². The monoisotopic (exact) mass is 474 g/mol. The summed E-state index contributed by atoms with van der Waals surface area (Å²) in [6.07, 6.45) is 1.82. The predicted molar refractivity (Wildman–Crippen MR) is 122 cm³/mol. The lowest BCUT2D eigenvalue weighted by Gasteiger charge is -2.15. The van der Waals surface area contributed by atoms with Crippen molar-refractivity contribution in [3.63, 3.8) is 0 Å². The standard InChI is InChI=1S/C22H23BrN2O3S/c1-4-25-21(26)18(24(3)22(25)29)11-16-12-19(27-5-2)20(13-17(16)23)28-14-15-9-7-6-8-10-15/h6-13H,4-5,14H2,1-3H3/b18-11-. The van der Waals surface area contributed by atoms with Crippen LogP contribution in [0.5, 0.6) is 11.5 Å². The van der Waals surface area contributed by atoms with Crippen molar-refractivity contribution >= 4 is 45.2 Å². The normalized spacial score (nSPS) is 15.4. The smallest absolute Gasteiger partial charge is 0.276 e. The molecule has 0 radical (unpaired) electrons. The number of thiocarbonyl (C=S) groups is 1. The average Bonchev–Trinajstić information content (AvgIpc) is 2.92. The lowest BCUT2D eigenvalue weighted by Crippen LogP contribution is -2.30. The van der Waals surface area contributed by atoms with Crippen molar-refractivity contribution in [1.29, 1.82) is 0 Å². The molecule has 1 heterocycles. The van der Waals surface area contributed by atoms with Gasteiger partial charge in [0.15, 0.2) is 16.6 Å². The highest BCUT2D eigenvalue weighted by atomic mass is 79.9. The Morgan fingerprint density at radius 1 is 1.10 bits per heavy atom. The van der Waals surface area contributed by atoms with E-state index in [0.29, 0.717) is 42.1 Å². The first-order valence-electron chi connectivity index (χ1n) is 9.40. The van der Waals surface area contributed by atoms with Gasteiger partial charge in [0.1, 0.15) is 12.3 Å². The maximum atomic E-state index is 12.7. The van der Waals surface area contributed by atoms with Crippen molar-refractivity contribution in [2.45, 2.75) is 20.5 Å². The minimum atomic E-state index is -0.103. The molecule has 0 atom stereocenters. The molecule has 0 saturated carbocycles. The molecule has 1 aliphatic rings. The zero-order valence-electron chi connectivity index (χ0n) is 16.6. The molecule has 1 aliphatic heterocycles. The SMILES string of the molecule is CCOc1cc(/C=C2/C(=O)N(CC)C(=S)N2C)c(Br)cc1OCc1ccccc1. The molecule has 7 heteroatoms. The third-order valence-corrected chi connectivity index (χ3v) is 5.73. The second kappa shape index (κ2) is 9.41. The fourth-order valence-corrected chi connectivity index (χ4v) is 3.76. The van der Waals surface area contributed by atoms with Gasteiger partial charge in [0, 0.05) is 18.1 Å². The van der Waals surface area contributed by atoms with Crippen LogP contribution in [0.15, 0.2) is 52.6 Å². The first kappa shape index (κ1) is 21.3.